The number of esters is 1. The monoisotopic (exact) mass is 272 g/mol. The van der Waals surface area contributed by atoms with Gasteiger partial charge < -0.3 is 4.74 Å². The summed E-state index contributed by atoms with van der Waals surface area (Å²) in [6.07, 6.45) is 1.66. The van der Waals surface area contributed by atoms with E-state index < -0.39 is 5.97 Å². The molecular formula is C14H16N4O2. The van der Waals surface area contributed by atoms with Crippen LogP contribution in [0.15, 0.2) is 24.4 Å². The zero-order chi connectivity index (χ0) is 14.5. The lowest BCUT2D eigenvalue weighted by Crippen LogP contribution is -2.15. The van der Waals surface area contributed by atoms with Crippen molar-refractivity contribution in [1.82, 2.24) is 20.2 Å². The van der Waals surface area contributed by atoms with Crippen LogP contribution < -0.4 is 0 Å². The molecule has 0 atom stereocenters. The number of rotatable bonds is 4. The van der Waals surface area contributed by atoms with Gasteiger partial charge in [-0.1, -0.05) is 19.9 Å². The van der Waals surface area contributed by atoms with Crippen molar-refractivity contribution in [3.8, 4) is 11.5 Å². The van der Waals surface area contributed by atoms with E-state index in [9.17, 15) is 4.79 Å². The minimum Gasteiger partial charge on any atom is -0.461 e. The van der Waals surface area contributed by atoms with Crippen LogP contribution in [0.3, 0.4) is 0 Å². The summed E-state index contributed by atoms with van der Waals surface area (Å²) < 4.78 is 4.97. The van der Waals surface area contributed by atoms with E-state index in [4.69, 9.17) is 4.74 Å². The number of carbonyl (C=O) groups is 1. The molecule has 0 aliphatic heterocycles. The molecule has 0 N–H and O–H groups in total. The zero-order valence-electron chi connectivity index (χ0n) is 11.7. The first-order chi connectivity index (χ1) is 9.63. The molecule has 0 saturated heterocycles. The quantitative estimate of drug-likeness (QED) is 0.794. The number of hydrogen-bond donors (Lipinski definition) is 0. The fraction of sp³-hybridized carbons (Fsp3) is 0.357. The molecule has 2 rings (SSSR count). The second-order valence-corrected chi connectivity index (χ2v) is 4.46. The van der Waals surface area contributed by atoms with Gasteiger partial charge in [-0.15, -0.1) is 10.2 Å². The summed E-state index contributed by atoms with van der Waals surface area (Å²) in [5.74, 6) is -0.0570. The van der Waals surface area contributed by atoms with Gasteiger partial charge in [0.2, 0.25) is 5.82 Å². The molecule has 0 aromatic carbocycles. The molecule has 2 aromatic rings. The van der Waals surface area contributed by atoms with E-state index in [1.54, 1.807) is 19.2 Å². The Kier molecular flexibility index (Phi) is 4.34. The first-order valence-corrected chi connectivity index (χ1v) is 6.46. The predicted molar refractivity (Wildman–Crippen MR) is 73.1 cm³/mol. The topological polar surface area (TPSA) is 77.9 Å². The Morgan fingerprint density at radius 2 is 2.10 bits per heavy atom. The predicted octanol–water partition coefficient (Wildman–Crippen LogP) is 2.23. The number of nitrogens with zero attached hydrogens (tertiary/aromatic N) is 4. The van der Waals surface area contributed by atoms with Crippen molar-refractivity contribution in [2.45, 2.75) is 26.7 Å². The Morgan fingerprint density at radius 1 is 1.30 bits per heavy atom. The highest BCUT2D eigenvalue weighted by Crippen LogP contribution is 2.19. The molecule has 6 heteroatoms. The maximum absolute atomic E-state index is 11.8. The molecular weight excluding hydrogens is 256 g/mol. The first kappa shape index (κ1) is 14.0. The fourth-order valence-electron chi connectivity index (χ4n) is 1.69. The van der Waals surface area contributed by atoms with Crippen LogP contribution in [0, 0.1) is 0 Å². The third-order valence-electron chi connectivity index (χ3n) is 2.62. The lowest BCUT2D eigenvalue weighted by Gasteiger charge is -2.10. The molecule has 0 unspecified atom stereocenters. The van der Waals surface area contributed by atoms with Crippen LogP contribution in [-0.4, -0.2) is 32.7 Å². The van der Waals surface area contributed by atoms with E-state index >= 15 is 0 Å². The Morgan fingerprint density at radius 3 is 2.70 bits per heavy atom. The van der Waals surface area contributed by atoms with Gasteiger partial charge in [0.25, 0.3) is 0 Å². The summed E-state index contributed by atoms with van der Waals surface area (Å²) in [7, 11) is 0. The van der Waals surface area contributed by atoms with Gasteiger partial charge in [0.15, 0.2) is 5.69 Å². The Hall–Kier alpha value is -2.37. The molecule has 2 heterocycles. The van der Waals surface area contributed by atoms with Gasteiger partial charge in [-0.2, -0.15) is 0 Å². The van der Waals surface area contributed by atoms with Crippen molar-refractivity contribution in [1.29, 1.82) is 0 Å². The van der Waals surface area contributed by atoms with E-state index in [0.29, 0.717) is 23.8 Å². The van der Waals surface area contributed by atoms with Crippen LogP contribution in [0.25, 0.3) is 11.5 Å². The van der Waals surface area contributed by atoms with Gasteiger partial charge in [-0.05, 0) is 25.0 Å². The van der Waals surface area contributed by atoms with Crippen LogP contribution in [0.4, 0.5) is 0 Å². The Balaban J connectivity index is 2.45. The highest BCUT2D eigenvalue weighted by Gasteiger charge is 2.20. The van der Waals surface area contributed by atoms with E-state index in [0.717, 1.165) is 0 Å². The maximum atomic E-state index is 11.8. The summed E-state index contributed by atoms with van der Waals surface area (Å²) in [4.78, 5) is 20.4. The van der Waals surface area contributed by atoms with Crippen molar-refractivity contribution in [2.75, 3.05) is 6.61 Å². The van der Waals surface area contributed by atoms with Gasteiger partial charge in [0.1, 0.15) is 5.69 Å². The molecule has 0 bridgehead atoms. The number of carbonyl (C=O) groups excluding carboxylic acids is 1. The minimum atomic E-state index is -0.497. The van der Waals surface area contributed by atoms with E-state index in [-0.39, 0.29) is 11.6 Å². The lowest BCUT2D eigenvalue weighted by atomic mass is 10.1. The van der Waals surface area contributed by atoms with E-state index in [1.807, 2.05) is 26.0 Å². The van der Waals surface area contributed by atoms with Gasteiger partial charge in [0, 0.05) is 6.20 Å². The van der Waals surface area contributed by atoms with Crippen LogP contribution in [0.2, 0.25) is 0 Å². The average molecular weight is 272 g/mol. The largest absolute Gasteiger partial charge is 0.461 e. The van der Waals surface area contributed by atoms with Crippen molar-refractivity contribution in [3.05, 3.63) is 35.8 Å². The smallest absolute Gasteiger partial charge is 0.360 e. The van der Waals surface area contributed by atoms with Gasteiger partial charge >= 0.3 is 5.97 Å². The number of pyridine rings is 1. The molecule has 6 nitrogen and oxygen atoms in total. The van der Waals surface area contributed by atoms with Crippen LogP contribution in [-0.2, 0) is 4.74 Å². The van der Waals surface area contributed by atoms with Crippen LogP contribution in [0.1, 0.15) is 42.9 Å². The first-order valence-electron chi connectivity index (χ1n) is 6.46. The highest BCUT2D eigenvalue weighted by atomic mass is 16.5. The molecule has 0 saturated carbocycles. The third-order valence-corrected chi connectivity index (χ3v) is 2.62. The summed E-state index contributed by atoms with van der Waals surface area (Å²) in [5, 5.41) is 7.94. The second-order valence-electron chi connectivity index (χ2n) is 4.46. The van der Waals surface area contributed by atoms with Crippen LogP contribution >= 0.6 is 0 Å². The second kappa shape index (κ2) is 6.18. The maximum Gasteiger partial charge on any atom is 0.360 e. The van der Waals surface area contributed by atoms with Gasteiger partial charge in [0.05, 0.1) is 12.3 Å². The highest BCUT2D eigenvalue weighted by molar-refractivity contribution is 5.88. The van der Waals surface area contributed by atoms with Crippen molar-refractivity contribution in [2.24, 2.45) is 0 Å². The van der Waals surface area contributed by atoms with E-state index in [2.05, 4.69) is 20.2 Å². The molecule has 0 fully saturated rings. The summed E-state index contributed by atoms with van der Waals surface area (Å²) in [6.45, 7) is 5.92. The molecule has 0 radical (unpaired) electrons. The normalized spacial score (nSPS) is 10.6. The summed E-state index contributed by atoms with van der Waals surface area (Å²) in [6, 6.07) is 5.46. The Bertz CT molecular complexity index is 599. The number of hydrogen-bond acceptors (Lipinski definition) is 6. The van der Waals surface area contributed by atoms with Crippen molar-refractivity contribution < 1.29 is 9.53 Å². The Labute approximate surface area is 117 Å². The molecule has 0 amide bonds. The molecule has 104 valence electrons. The van der Waals surface area contributed by atoms with Crippen LogP contribution in [0.5, 0.6) is 0 Å². The average Bonchev–Trinajstić information content (AvgIpc) is 2.47. The SMILES string of the molecule is CCOC(=O)c1nnc(-c2ccccn2)nc1C(C)C. The summed E-state index contributed by atoms with van der Waals surface area (Å²) >= 11 is 0. The lowest BCUT2D eigenvalue weighted by molar-refractivity contribution is 0.0515. The number of ether oxygens (including phenoxy) is 1. The standard InChI is InChI=1S/C14H16N4O2/c1-4-20-14(19)12-11(9(2)3)16-13(18-17-12)10-7-5-6-8-15-10/h5-9H,4H2,1-3H3. The third kappa shape index (κ3) is 2.96. The fourth-order valence-corrected chi connectivity index (χ4v) is 1.69. The molecule has 0 spiro atoms. The zero-order valence-corrected chi connectivity index (χ0v) is 11.7. The van der Waals surface area contributed by atoms with Crippen molar-refractivity contribution >= 4 is 5.97 Å². The molecule has 0 aliphatic rings. The van der Waals surface area contributed by atoms with Crippen molar-refractivity contribution in [3.63, 3.8) is 0 Å². The number of aromatic nitrogens is 4. The molecule has 2 aromatic heterocycles. The molecule has 0 aliphatic carbocycles. The molecule has 20 heavy (non-hydrogen) atoms. The van der Waals surface area contributed by atoms with Gasteiger partial charge in [-0.3, -0.25) is 4.98 Å². The van der Waals surface area contributed by atoms with Gasteiger partial charge in [-0.25, -0.2) is 9.78 Å². The minimum absolute atomic E-state index is 0.0346. The summed E-state index contributed by atoms with van der Waals surface area (Å²) in [5.41, 5.74) is 1.36. The van der Waals surface area contributed by atoms with E-state index in [1.165, 1.54) is 0 Å².